The summed E-state index contributed by atoms with van der Waals surface area (Å²) in [5.74, 6) is 2.08. The van der Waals surface area contributed by atoms with Crippen molar-refractivity contribution in [3.8, 4) is 5.75 Å². The Morgan fingerprint density at radius 3 is 1.80 bits per heavy atom. The van der Waals surface area contributed by atoms with E-state index in [9.17, 15) is 0 Å². The van der Waals surface area contributed by atoms with Crippen molar-refractivity contribution in [1.29, 1.82) is 0 Å². The molecule has 0 N–H and O–H groups in total. The van der Waals surface area contributed by atoms with Crippen LogP contribution in [0.4, 0.5) is 0 Å². The van der Waals surface area contributed by atoms with Crippen LogP contribution in [0.15, 0.2) is 109 Å². The van der Waals surface area contributed by atoms with Crippen molar-refractivity contribution in [1.82, 2.24) is 4.90 Å². The lowest BCUT2D eigenvalue weighted by Gasteiger charge is -2.36. The van der Waals surface area contributed by atoms with E-state index in [1.807, 2.05) is 0 Å². The zero-order valence-electron chi connectivity index (χ0n) is 20.6. The van der Waals surface area contributed by atoms with Crippen LogP contribution in [0.5, 0.6) is 5.75 Å². The lowest BCUT2D eigenvalue weighted by molar-refractivity contribution is 0.168. The molecule has 1 aliphatic rings. The van der Waals surface area contributed by atoms with E-state index >= 15 is 0 Å². The average molecular weight is 462 g/mol. The number of rotatable bonds is 8. The van der Waals surface area contributed by atoms with Gasteiger partial charge in [0, 0.05) is 12.5 Å². The number of likely N-dealkylation sites (tertiary alicyclic amines) is 1. The Hall–Kier alpha value is -3.36. The fraction of sp³-hybridized carbons (Fsp3) is 0.273. The van der Waals surface area contributed by atoms with Crippen molar-refractivity contribution < 1.29 is 4.74 Å². The summed E-state index contributed by atoms with van der Waals surface area (Å²) in [6.07, 6.45) is 2.46. The van der Waals surface area contributed by atoms with E-state index in [4.69, 9.17) is 4.74 Å². The topological polar surface area (TPSA) is 12.5 Å². The summed E-state index contributed by atoms with van der Waals surface area (Å²) in [7, 11) is 0. The Kier molecular flexibility index (Phi) is 7.60. The first-order valence-corrected chi connectivity index (χ1v) is 12.8. The molecule has 178 valence electrons. The zero-order valence-corrected chi connectivity index (χ0v) is 20.6. The summed E-state index contributed by atoms with van der Waals surface area (Å²) in [6.45, 7) is 6.01. The first-order valence-electron chi connectivity index (χ1n) is 12.8. The lowest BCUT2D eigenvalue weighted by Crippen LogP contribution is -2.35. The van der Waals surface area contributed by atoms with E-state index in [0.717, 1.165) is 25.4 Å². The summed E-state index contributed by atoms with van der Waals surface area (Å²) in [5, 5.41) is 0. The molecule has 1 fully saturated rings. The van der Waals surface area contributed by atoms with Crippen LogP contribution in [-0.2, 0) is 13.2 Å². The van der Waals surface area contributed by atoms with Crippen LogP contribution in [0.1, 0.15) is 46.6 Å². The van der Waals surface area contributed by atoms with E-state index in [0.29, 0.717) is 18.4 Å². The second-order valence-electron chi connectivity index (χ2n) is 9.83. The second-order valence-corrected chi connectivity index (χ2v) is 9.83. The van der Waals surface area contributed by atoms with E-state index in [1.54, 1.807) is 0 Å². The van der Waals surface area contributed by atoms with Crippen LogP contribution in [-0.4, -0.2) is 18.0 Å². The van der Waals surface area contributed by atoms with Gasteiger partial charge in [-0.1, -0.05) is 103 Å². The van der Waals surface area contributed by atoms with Crippen molar-refractivity contribution in [3.63, 3.8) is 0 Å². The molecule has 4 aromatic carbocycles. The Morgan fingerprint density at radius 1 is 0.686 bits per heavy atom. The summed E-state index contributed by atoms with van der Waals surface area (Å²) in [4.78, 5) is 2.60. The first-order chi connectivity index (χ1) is 17.2. The standard InChI is InChI=1S/C33H35NO/c1-26-12-14-28(15-13-26)25-35-32-18-16-27(17-19-32)24-34-22-20-31(21-23-34)33(29-8-4-2-5-9-29)30-10-6-3-7-11-30/h2-19,31,33H,20-25H2,1H3. The van der Waals surface area contributed by atoms with Crippen LogP contribution in [0.2, 0.25) is 0 Å². The highest BCUT2D eigenvalue weighted by Crippen LogP contribution is 2.38. The van der Waals surface area contributed by atoms with E-state index in [-0.39, 0.29) is 0 Å². The molecule has 0 radical (unpaired) electrons. The third kappa shape index (κ3) is 6.21. The van der Waals surface area contributed by atoms with Gasteiger partial charge in [0.05, 0.1) is 0 Å². The van der Waals surface area contributed by atoms with Gasteiger partial charge in [-0.05, 0) is 73.2 Å². The summed E-state index contributed by atoms with van der Waals surface area (Å²) >= 11 is 0. The Morgan fingerprint density at radius 2 is 1.23 bits per heavy atom. The number of benzene rings is 4. The minimum absolute atomic E-state index is 0.476. The minimum Gasteiger partial charge on any atom is -0.489 e. The molecule has 0 atom stereocenters. The summed E-state index contributed by atoms with van der Waals surface area (Å²) in [5.41, 5.74) is 6.72. The predicted molar refractivity (Wildman–Crippen MR) is 145 cm³/mol. The average Bonchev–Trinajstić information content (AvgIpc) is 2.92. The van der Waals surface area contributed by atoms with Crippen LogP contribution < -0.4 is 4.74 Å². The van der Waals surface area contributed by atoms with Gasteiger partial charge in [0.15, 0.2) is 0 Å². The van der Waals surface area contributed by atoms with Crippen molar-refractivity contribution in [2.24, 2.45) is 5.92 Å². The fourth-order valence-electron chi connectivity index (χ4n) is 5.30. The van der Waals surface area contributed by atoms with Gasteiger partial charge < -0.3 is 4.74 Å². The third-order valence-corrected chi connectivity index (χ3v) is 7.28. The maximum Gasteiger partial charge on any atom is 0.119 e. The SMILES string of the molecule is Cc1ccc(COc2ccc(CN3CCC(C(c4ccccc4)c4ccccc4)CC3)cc2)cc1. The number of piperidine rings is 1. The van der Waals surface area contributed by atoms with Crippen LogP contribution in [0.3, 0.4) is 0 Å². The van der Waals surface area contributed by atoms with Gasteiger partial charge in [-0.2, -0.15) is 0 Å². The molecule has 5 rings (SSSR count). The monoisotopic (exact) mass is 461 g/mol. The smallest absolute Gasteiger partial charge is 0.119 e. The summed E-state index contributed by atoms with van der Waals surface area (Å²) < 4.78 is 5.99. The van der Waals surface area contributed by atoms with Gasteiger partial charge in [0.25, 0.3) is 0 Å². The van der Waals surface area contributed by atoms with Gasteiger partial charge in [-0.3, -0.25) is 4.90 Å². The molecule has 35 heavy (non-hydrogen) atoms. The van der Waals surface area contributed by atoms with Gasteiger partial charge in [-0.25, -0.2) is 0 Å². The van der Waals surface area contributed by atoms with Crippen molar-refractivity contribution >= 4 is 0 Å². The normalized spacial score (nSPS) is 14.8. The molecule has 1 aliphatic heterocycles. The van der Waals surface area contributed by atoms with Crippen molar-refractivity contribution in [2.45, 2.75) is 38.8 Å². The minimum atomic E-state index is 0.476. The zero-order chi connectivity index (χ0) is 23.9. The van der Waals surface area contributed by atoms with Gasteiger partial charge in [0.2, 0.25) is 0 Å². The maximum atomic E-state index is 5.99. The third-order valence-electron chi connectivity index (χ3n) is 7.28. The molecule has 0 aromatic heterocycles. The molecular formula is C33H35NO. The predicted octanol–water partition coefficient (Wildman–Crippen LogP) is 7.62. The number of hydrogen-bond donors (Lipinski definition) is 0. The molecule has 0 amide bonds. The molecule has 4 aromatic rings. The molecule has 1 heterocycles. The molecule has 0 unspecified atom stereocenters. The Balaban J connectivity index is 1.16. The number of ether oxygens (including phenoxy) is 1. The van der Waals surface area contributed by atoms with Crippen molar-refractivity contribution in [2.75, 3.05) is 13.1 Å². The molecule has 1 saturated heterocycles. The largest absolute Gasteiger partial charge is 0.489 e. The number of nitrogens with zero attached hydrogens (tertiary/aromatic N) is 1. The molecule has 0 bridgehead atoms. The quantitative estimate of drug-likeness (QED) is 0.268. The van der Waals surface area contributed by atoms with Crippen LogP contribution in [0.25, 0.3) is 0 Å². The first kappa shape index (κ1) is 23.4. The Bertz CT molecular complexity index is 1120. The van der Waals surface area contributed by atoms with Gasteiger partial charge in [-0.15, -0.1) is 0 Å². The Labute approximate surface area is 210 Å². The fourth-order valence-corrected chi connectivity index (χ4v) is 5.30. The molecule has 2 heteroatoms. The van der Waals surface area contributed by atoms with Crippen molar-refractivity contribution in [3.05, 3.63) is 137 Å². The molecule has 0 aliphatic carbocycles. The number of aryl methyl sites for hydroxylation is 1. The van der Waals surface area contributed by atoms with E-state index in [1.165, 1.54) is 40.7 Å². The van der Waals surface area contributed by atoms with Crippen LogP contribution in [0, 0.1) is 12.8 Å². The highest BCUT2D eigenvalue weighted by Gasteiger charge is 2.28. The molecular weight excluding hydrogens is 426 g/mol. The number of hydrogen-bond acceptors (Lipinski definition) is 2. The highest BCUT2D eigenvalue weighted by atomic mass is 16.5. The molecule has 0 spiro atoms. The highest BCUT2D eigenvalue weighted by molar-refractivity contribution is 5.33. The van der Waals surface area contributed by atoms with Crippen LogP contribution >= 0.6 is 0 Å². The molecule has 0 saturated carbocycles. The second kappa shape index (κ2) is 11.4. The lowest BCUT2D eigenvalue weighted by atomic mass is 9.76. The van der Waals surface area contributed by atoms with Gasteiger partial charge in [0.1, 0.15) is 12.4 Å². The summed E-state index contributed by atoms with van der Waals surface area (Å²) in [6, 6.07) is 39.3. The van der Waals surface area contributed by atoms with Gasteiger partial charge >= 0.3 is 0 Å². The maximum absolute atomic E-state index is 5.99. The molecule has 2 nitrogen and oxygen atoms in total. The van der Waals surface area contributed by atoms with E-state index in [2.05, 4.69) is 121 Å². The van der Waals surface area contributed by atoms with E-state index < -0.39 is 0 Å².